The molecule has 0 spiro atoms. The molecule has 0 amide bonds. The van der Waals surface area contributed by atoms with Crippen LogP contribution in [0.15, 0.2) is 34.2 Å². The Bertz CT molecular complexity index is 730. The van der Waals surface area contributed by atoms with Crippen LogP contribution in [0.4, 0.5) is 0 Å². The third-order valence-corrected chi connectivity index (χ3v) is 6.91. The molecular formula is C18H28N4O2S. The second-order valence-electron chi connectivity index (χ2n) is 7.32. The molecule has 25 heavy (non-hydrogen) atoms. The molecule has 138 valence electrons. The monoisotopic (exact) mass is 364 g/mol. The van der Waals surface area contributed by atoms with Crippen molar-refractivity contribution in [2.45, 2.75) is 51.0 Å². The van der Waals surface area contributed by atoms with Crippen molar-refractivity contribution in [3.05, 3.63) is 29.8 Å². The maximum Gasteiger partial charge on any atom is 0.264 e. The molecule has 0 unspecified atom stereocenters. The van der Waals surface area contributed by atoms with Gasteiger partial charge in [-0.25, -0.2) is 18.1 Å². The van der Waals surface area contributed by atoms with Crippen molar-refractivity contribution in [3.8, 4) is 0 Å². The van der Waals surface area contributed by atoms with Gasteiger partial charge < -0.3 is 5.32 Å². The lowest BCUT2D eigenvalue weighted by molar-refractivity contribution is 0.0768. The van der Waals surface area contributed by atoms with E-state index in [1.54, 1.807) is 24.3 Å². The standard InChI is InChI=1S/C18H28N4O2S/c1-13-7-9-16(10-8-13)25(23,24)21-18-19-11-22(12-20-18)17-6-4-5-14(2)15(17)3/h7-10,14-15,17H,4-6,11-12H2,1-3H3,(H2,19,20,21)/t14-,15+,17+/m0/s1. The molecule has 3 rings (SSSR count). The smallest absolute Gasteiger partial charge is 0.264 e. The van der Waals surface area contributed by atoms with Gasteiger partial charge in [0.2, 0.25) is 5.96 Å². The van der Waals surface area contributed by atoms with Crippen molar-refractivity contribution in [2.75, 3.05) is 13.3 Å². The van der Waals surface area contributed by atoms with E-state index in [-0.39, 0.29) is 4.90 Å². The number of rotatable bonds is 3. The van der Waals surface area contributed by atoms with Gasteiger partial charge in [0.05, 0.1) is 18.2 Å². The van der Waals surface area contributed by atoms with Crippen molar-refractivity contribution in [2.24, 2.45) is 16.8 Å². The van der Waals surface area contributed by atoms with Crippen molar-refractivity contribution in [1.29, 1.82) is 0 Å². The fraction of sp³-hybridized carbons (Fsp3) is 0.611. The van der Waals surface area contributed by atoms with Crippen LogP contribution in [-0.4, -0.2) is 38.7 Å². The van der Waals surface area contributed by atoms with E-state index in [0.29, 0.717) is 31.3 Å². The molecule has 7 heteroatoms. The molecule has 1 heterocycles. The maximum absolute atomic E-state index is 12.4. The fourth-order valence-electron chi connectivity index (χ4n) is 3.71. The van der Waals surface area contributed by atoms with Crippen LogP contribution >= 0.6 is 0 Å². The van der Waals surface area contributed by atoms with E-state index >= 15 is 0 Å². The minimum atomic E-state index is -3.60. The largest absolute Gasteiger partial charge is 0.343 e. The highest BCUT2D eigenvalue weighted by Crippen LogP contribution is 2.32. The molecule has 0 saturated heterocycles. The summed E-state index contributed by atoms with van der Waals surface area (Å²) in [6.07, 6.45) is 3.74. The third kappa shape index (κ3) is 4.15. The number of benzene rings is 1. The van der Waals surface area contributed by atoms with Crippen LogP contribution in [-0.2, 0) is 10.0 Å². The Labute approximate surface area is 150 Å². The zero-order valence-corrected chi connectivity index (χ0v) is 16.0. The molecular weight excluding hydrogens is 336 g/mol. The Morgan fingerprint density at radius 2 is 1.92 bits per heavy atom. The molecule has 0 aromatic heterocycles. The van der Waals surface area contributed by atoms with E-state index in [0.717, 1.165) is 11.5 Å². The van der Waals surface area contributed by atoms with Crippen LogP contribution in [0.5, 0.6) is 0 Å². The van der Waals surface area contributed by atoms with Gasteiger partial charge in [-0.2, -0.15) is 0 Å². The molecule has 1 aromatic rings. The van der Waals surface area contributed by atoms with Crippen LogP contribution in [0, 0.1) is 18.8 Å². The Hall–Kier alpha value is -1.60. The second kappa shape index (κ2) is 7.33. The number of aliphatic imine (C=N–C) groups is 1. The highest BCUT2D eigenvalue weighted by Gasteiger charge is 2.32. The van der Waals surface area contributed by atoms with Crippen molar-refractivity contribution < 1.29 is 8.42 Å². The Kier molecular flexibility index (Phi) is 5.34. The van der Waals surface area contributed by atoms with Gasteiger partial charge >= 0.3 is 0 Å². The Balaban J connectivity index is 1.64. The molecule has 0 radical (unpaired) electrons. The summed E-state index contributed by atoms with van der Waals surface area (Å²) in [7, 11) is -3.60. The van der Waals surface area contributed by atoms with Crippen molar-refractivity contribution in [1.82, 2.24) is 14.9 Å². The van der Waals surface area contributed by atoms with Crippen LogP contribution in [0.25, 0.3) is 0 Å². The fourth-order valence-corrected chi connectivity index (χ4v) is 4.71. The van der Waals surface area contributed by atoms with Gasteiger partial charge in [0, 0.05) is 6.04 Å². The summed E-state index contributed by atoms with van der Waals surface area (Å²) in [6.45, 7) is 7.71. The molecule has 1 saturated carbocycles. The number of aryl methyl sites for hydroxylation is 1. The molecule has 1 fully saturated rings. The first-order valence-electron chi connectivity index (χ1n) is 8.98. The normalized spacial score (nSPS) is 28.1. The van der Waals surface area contributed by atoms with Crippen LogP contribution < -0.4 is 10.0 Å². The summed E-state index contributed by atoms with van der Waals surface area (Å²) in [6, 6.07) is 7.31. The lowest BCUT2D eigenvalue weighted by Gasteiger charge is -2.42. The zero-order valence-electron chi connectivity index (χ0n) is 15.2. The van der Waals surface area contributed by atoms with E-state index < -0.39 is 10.0 Å². The minimum Gasteiger partial charge on any atom is -0.343 e. The van der Waals surface area contributed by atoms with Gasteiger partial charge in [-0.15, -0.1) is 0 Å². The number of nitrogens with zero attached hydrogens (tertiary/aromatic N) is 2. The second-order valence-corrected chi connectivity index (χ2v) is 9.01. The Morgan fingerprint density at radius 3 is 2.56 bits per heavy atom. The van der Waals surface area contributed by atoms with Crippen LogP contribution in [0.2, 0.25) is 0 Å². The van der Waals surface area contributed by atoms with E-state index in [9.17, 15) is 8.42 Å². The van der Waals surface area contributed by atoms with Gasteiger partial charge in [0.1, 0.15) is 0 Å². The van der Waals surface area contributed by atoms with Gasteiger partial charge in [0.15, 0.2) is 0 Å². The molecule has 2 N–H and O–H groups in total. The molecule has 1 aromatic carbocycles. The summed E-state index contributed by atoms with van der Waals surface area (Å²) in [5.74, 6) is 1.69. The van der Waals surface area contributed by atoms with Crippen molar-refractivity contribution >= 4 is 16.0 Å². The summed E-state index contributed by atoms with van der Waals surface area (Å²) >= 11 is 0. The first kappa shape index (κ1) is 18.2. The number of nitrogens with one attached hydrogen (secondary N) is 2. The number of guanidine groups is 1. The number of hydrogen-bond acceptors (Lipinski definition) is 5. The lowest BCUT2D eigenvalue weighted by Crippen LogP contribution is -2.55. The summed E-state index contributed by atoms with van der Waals surface area (Å²) in [5.41, 5.74) is 1.03. The quantitative estimate of drug-likeness (QED) is 0.863. The number of hydrogen-bond donors (Lipinski definition) is 2. The minimum absolute atomic E-state index is 0.250. The zero-order chi connectivity index (χ0) is 18.0. The average Bonchev–Trinajstić information content (AvgIpc) is 2.58. The van der Waals surface area contributed by atoms with Crippen LogP contribution in [0.1, 0.15) is 38.7 Å². The molecule has 1 aliphatic heterocycles. The highest BCUT2D eigenvalue weighted by atomic mass is 32.2. The van der Waals surface area contributed by atoms with E-state index in [1.165, 1.54) is 19.3 Å². The van der Waals surface area contributed by atoms with Gasteiger partial charge in [-0.05, 0) is 37.3 Å². The molecule has 1 aliphatic carbocycles. The van der Waals surface area contributed by atoms with E-state index in [4.69, 9.17) is 0 Å². The molecule has 0 bridgehead atoms. The molecule has 6 nitrogen and oxygen atoms in total. The first-order valence-corrected chi connectivity index (χ1v) is 10.5. The molecule has 2 aliphatic rings. The van der Waals surface area contributed by atoms with Gasteiger partial charge in [0.25, 0.3) is 10.0 Å². The summed E-state index contributed by atoms with van der Waals surface area (Å²) < 4.78 is 27.4. The highest BCUT2D eigenvalue weighted by molar-refractivity contribution is 7.90. The topological polar surface area (TPSA) is 73.8 Å². The average molecular weight is 365 g/mol. The van der Waals surface area contributed by atoms with Gasteiger partial charge in [-0.3, -0.25) is 4.90 Å². The summed E-state index contributed by atoms with van der Waals surface area (Å²) in [4.78, 5) is 6.97. The van der Waals surface area contributed by atoms with E-state index in [1.807, 2.05) is 6.92 Å². The maximum atomic E-state index is 12.4. The van der Waals surface area contributed by atoms with Gasteiger partial charge in [-0.1, -0.05) is 44.4 Å². The van der Waals surface area contributed by atoms with Crippen LogP contribution in [0.3, 0.4) is 0 Å². The first-order chi connectivity index (χ1) is 11.9. The van der Waals surface area contributed by atoms with E-state index in [2.05, 4.69) is 33.8 Å². The summed E-state index contributed by atoms with van der Waals surface area (Å²) in [5, 5.41) is 3.12. The number of sulfonamides is 1. The lowest BCUT2D eigenvalue weighted by atomic mass is 9.77. The SMILES string of the molecule is Cc1ccc(S(=O)(=O)NC2=NCN([C@@H]3CCC[C@H](C)[C@H]3C)CN2)cc1. The van der Waals surface area contributed by atoms with Crippen molar-refractivity contribution in [3.63, 3.8) is 0 Å². The predicted molar refractivity (Wildman–Crippen MR) is 99.6 cm³/mol. The molecule has 3 atom stereocenters. The Morgan fingerprint density at radius 1 is 1.20 bits per heavy atom. The predicted octanol–water partition coefficient (Wildman–Crippen LogP) is 2.27. The third-order valence-electron chi connectivity index (χ3n) is 5.56.